The Morgan fingerprint density at radius 2 is 2.04 bits per heavy atom. The fourth-order valence-corrected chi connectivity index (χ4v) is 2.37. The number of aromatic amines is 1. The number of hydrogen-bond donors (Lipinski definition) is 1. The van der Waals surface area contributed by atoms with Gasteiger partial charge in [0.1, 0.15) is 5.82 Å². The van der Waals surface area contributed by atoms with Crippen LogP contribution in [-0.2, 0) is 7.05 Å². The zero-order chi connectivity index (χ0) is 16.4. The number of allylic oxidation sites excluding steroid dienone is 1. The van der Waals surface area contributed by atoms with Gasteiger partial charge in [-0.2, -0.15) is 10.2 Å². The number of aromatic nitrogens is 4. The van der Waals surface area contributed by atoms with Gasteiger partial charge in [-0.3, -0.25) is 14.6 Å². The van der Waals surface area contributed by atoms with Gasteiger partial charge in [0.2, 0.25) is 0 Å². The number of aryl methyl sites for hydroxylation is 2. The van der Waals surface area contributed by atoms with Crippen LogP contribution >= 0.6 is 0 Å². The summed E-state index contributed by atoms with van der Waals surface area (Å²) in [5, 5.41) is 11.0. The van der Waals surface area contributed by atoms with Crippen LogP contribution in [0.5, 0.6) is 0 Å². The molecule has 116 valence electrons. The molecule has 0 unspecified atom stereocenters. The highest BCUT2D eigenvalue weighted by Crippen LogP contribution is 2.22. The molecule has 0 bridgehead atoms. The second-order valence-electron chi connectivity index (χ2n) is 5.21. The van der Waals surface area contributed by atoms with Crippen LogP contribution in [0.2, 0.25) is 0 Å². The summed E-state index contributed by atoms with van der Waals surface area (Å²) >= 11 is 0. The third-order valence-corrected chi connectivity index (χ3v) is 3.49. The van der Waals surface area contributed by atoms with Gasteiger partial charge in [-0.25, -0.2) is 4.39 Å². The van der Waals surface area contributed by atoms with E-state index >= 15 is 0 Å². The van der Waals surface area contributed by atoms with Crippen LogP contribution in [0.1, 0.15) is 21.6 Å². The maximum absolute atomic E-state index is 13.0. The zero-order valence-electron chi connectivity index (χ0n) is 12.7. The molecule has 2 aromatic heterocycles. The van der Waals surface area contributed by atoms with Crippen LogP contribution in [0.25, 0.3) is 17.3 Å². The van der Waals surface area contributed by atoms with E-state index in [1.165, 1.54) is 18.2 Å². The van der Waals surface area contributed by atoms with Gasteiger partial charge in [-0.1, -0.05) is 0 Å². The van der Waals surface area contributed by atoms with E-state index in [0.29, 0.717) is 11.3 Å². The van der Waals surface area contributed by atoms with E-state index in [0.717, 1.165) is 16.8 Å². The Morgan fingerprint density at radius 1 is 1.30 bits per heavy atom. The van der Waals surface area contributed by atoms with Crippen LogP contribution in [0.15, 0.2) is 42.7 Å². The summed E-state index contributed by atoms with van der Waals surface area (Å²) in [4.78, 5) is 12.2. The zero-order valence-corrected chi connectivity index (χ0v) is 12.7. The van der Waals surface area contributed by atoms with Crippen molar-refractivity contribution in [3.63, 3.8) is 0 Å². The molecule has 0 saturated heterocycles. The third-order valence-electron chi connectivity index (χ3n) is 3.49. The standard InChI is InChI=1S/C17H15FN4O/c1-11-15(10-22(2)21-11)16(23)8-5-13-9-19-20-17(13)12-3-6-14(18)7-4-12/h3-10H,1-2H3,(H,19,20)/b8-5-. The maximum atomic E-state index is 13.0. The van der Waals surface area contributed by atoms with E-state index < -0.39 is 0 Å². The Bertz CT molecular complexity index is 874. The predicted molar refractivity (Wildman–Crippen MR) is 85.3 cm³/mol. The number of benzene rings is 1. The van der Waals surface area contributed by atoms with Crippen molar-refractivity contribution in [2.24, 2.45) is 7.05 Å². The number of carbonyl (C=O) groups is 1. The molecule has 0 aliphatic rings. The largest absolute Gasteiger partial charge is 0.289 e. The Labute approximate surface area is 132 Å². The molecule has 0 fully saturated rings. The van der Waals surface area contributed by atoms with Crippen molar-refractivity contribution in [1.29, 1.82) is 0 Å². The molecule has 6 heteroatoms. The summed E-state index contributed by atoms with van der Waals surface area (Å²) in [6, 6.07) is 6.09. The monoisotopic (exact) mass is 310 g/mol. The lowest BCUT2D eigenvalue weighted by Gasteiger charge is -1.99. The van der Waals surface area contributed by atoms with E-state index in [1.54, 1.807) is 49.3 Å². The van der Waals surface area contributed by atoms with Gasteiger partial charge in [0.25, 0.3) is 0 Å². The second-order valence-corrected chi connectivity index (χ2v) is 5.21. The number of nitrogens with one attached hydrogen (secondary N) is 1. The molecule has 3 aromatic rings. The normalized spacial score (nSPS) is 11.3. The fourth-order valence-electron chi connectivity index (χ4n) is 2.37. The third kappa shape index (κ3) is 3.11. The molecule has 0 aliphatic carbocycles. The van der Waals surface area contributed by atoms with Crippen molar-refractivity contribution in [2.75, 3.05) is 0 Å². The first-order valence-corrected chi connectivity index (χ1v) is 7.06. The molecule has 0 aliphatic heterocycles. The summed E-state index contributed by atoms with van der Waals surface area (Å²) in [7, 11) is 1.77. The van der Waals surface area contributed by atoms with Crippen molar-refractivity contribution < 1.29 is 9.18 Å². The van der Waals surface area contributed by atoms with E-state index in [-0.39, 0.29) is 11.6 Å². The average molecular weight is 310 g/mol. The lowest BCUT2D eigenvalue weighted by atomic mass is 10.1. The predicted octanol–water partition coefficient (Wildman–Crippen LogP) is 3.15. The molecule has 0 radical (unpaired) electrons. The Balaban J connectivity index is 1.86. The van der Waals surface area contributed by atoms with E-state index in [2.05, 4.69) is 15.3 Å². The van der Waals surface area contributed by atoms with Gasteiger partial charge in [0, 0.05) is 24.4 Å². The number of carbonyl (C=O) groups excluding carboxylic acids is 1. The molecule has 23 heavy (non-hydrogen) atoms. The highest BCUT2D eigenvalue weighted by molar-refractivity contribution is 6.07. The number of halogens is 1. The molecular weight excluding hydrogens is 295 g/mol. The molecule has 5 nitrogen and oxygen atoms in total. The van der Waals surface area contributed by atoms with Crippen molar-refractivity contribution in [1.82, 2.24) is 20.0 Å². The van der Waals surface area contributed by atoms with Gasteiger partial charge in [-0.05, 0) is 43.3 Å². The van der Waals surface area contributed by atoms with E-state index in [1.807, 2.05) is 0 Å². The second kappa shape index (κ2) is 6.00. The van der Waals surface area contributed by atoms with Gasteiger partial charge in [-0.15, -0.1) is 0 Å². The number of hydrogen-bond acceptors (Lipinski definition) is 3. The van der Waals surface area contributed by atoms with E-state index in [4.69, 9.17) is 0 Å². The smallest absolute Gasteiger partial charge is 0.189 e. The number of nitrogens with zero attached hydrogens (tertiary/aromatic N) is 3. The Hall–Kier alpha value is -3.02. The van der Waals surface area contributed by atoms with Crippen LogP contribution in [-0.4, -0.2) is 25.8 Å². The minimum absolute atomic E-state index is 0.123. The van der Waals surface area contributed by atoms with Crippen LogP contribution < -0.4 is 0 Å². The molecule has 1 aromatic carbocycles. The van der Waals surface area contributed by atoms with Crippen LogP contribution in [0.3, 0.4) is 0 Å². The first kappa shape index (κ1) is 14.9. The summed E-state index contributed by atoms with van der Waals surface area (Å²) < 4.78 is 14.6. The topological polar surface area (TPSA) is 63.6 Å². The summed E-state index contributed by atoms with van der Waals surface area (Å²) in [6.45, 7) is 1.79. The van der Waals surface area contributed by atoms with Crippen molar-refractivity contribution >= 4 is 11.9 Å². The summed E-state index contributed by atoms with van der Waals surface area (Å²) in [5.74, 6) is -0.422. The number of H-pyrrole nitrogens is 1. The minimum atomic E-state index is -0.299. The quantitative estimate of drug-likeness (QED) is 0.595. The number of rotatable bonds is 4. The summed E-state index contributed by atoms with van der Waals surface area (Å²) in [6.07, 6.45) is 6.50. The number of ketones is 1. The lowest BCUT2D eigenvalue weighted by molar-refractivity contribution is 0.104. The van der Waals surface area contributed by atoms with Crippen molar-refractivity contribution in [2.45, 2.75) is 6.92 Å². The van der Waals surface area contributed by atoms with Crippen LogP contribution in [0, 0.1) is 12.7 Å². The molecule has 0 amide bonds. The lowest BCUT2D eigenvalue weighted by Crippen LogP contribution is -1.94. The highest BCUT2D eigenvalue weighted by Gasteiger charge is 2.10. The first-order chi connectivity index (χ1) is 11.0. The molecule has 0 saturated carbocycles. The Morgan fingerprint density at radius 3 is 2.70 bits per heavy atom. The highest BCUT2D eigenvalue weighted by atomic mass is 19.1. The van der Waals surface area contributed by atoms with Gasteiger partial charge < -0.3 is 0 Å². The van der Waals surface area contributed by atoms with Crippen LogP contribution in [0.4, 0.5) is 4.39 Å². The van der Waals surface area contributed by atoms with Crippen molar-refractivity contribution in [3.8, 4) is 11.3 Å². The molecule has 0 atom stereocenters. The summed E-state index contributed by atoms with van der Waals surface area (Å²) in [5.41, 5.74) is 3.54. The SMILES string of the molecule is Cc1nn(C)cc1C(=O)/C=C\c1cn[nH]c1-c1ccc(F)cc1. The molecule has 0 spiro atoms. The maximum Gasteiger partial charge on any atom is 0.189 e. The van der Waals surface area contributed by atoms with Gasteiger partial charge in [0.15, 0.2) is 5.78 Å². The van der Waals surface area contributed by atoms with Gasteiger partial charge >= 0.3 is 0 Å². The van der Waals surface area contributed by atoms with Crippen molar-refractivity contribution in [3.05, 3.63) is 65.4 Å². The Kier molecular flexibility index (Phi) is 3.89. The average Bonchev–Trinajstić information content (AvgIpc) is 3.12. The molecule has 3 rings (SSSR count). The fraction of sp³-hybridized carbons (Fsp3) is 0.118. The molecular formula is C17H15FN4O. The minimum Gasteiger partial charge on any atom is -0.289 e. The van der Waals surface area contributed by atoms with E-state index in [9.17, 15) is 9.18 Å². The molecule has 2 heterocycles. The first-order valence-electron chi connectivity index (χ1n) is 7.06. The molecule has 1 N–H and O–H groups in total. The van der Waals surface area contributed by atoms with Gasteiger partial charge in [0.05, 0.1) is 23.1 Å².